The van der Waals surface area contributed by atoms with Crippen LogP contribution in [0.15, 0.2) is 18.2 Å². The molecule has 1 fully saturated rings. The summed E-state index contributed by atoms with van der Waals surface area (Å²) >= 11 is 0. The highest BCUT2D eigenvalue weighted by atomic mass is 16.4. The number of nitrogens with zero attached hydrogens (tertiary/aromatic N) is 2. The average molecular weight is 344 g/mol. The average Bonchev–Trinajstić information content (AvgIpc) is 2.94. The summed E-state index contributed by atoms with van der Waals surface area (Å²) in [7, 11) is 0. The van der Waals surface area contributed by atoms with Crippen LogP contribution in [-0.2, 0) is 22.4 Å². The number of carboxylic acids is 1. The van der Waals surface area contributed by atoms with Crippen LogP contribution in [0.2, 0.25) is 0 Å². The molecule has 0 aliphatic carbocycles. The van der Waals surface area contributed by atoms with Crippen LogP contribution >= 0.6 is 0 Å². The number of hydrogen-bond acceptors (Lipinski definition) is 3. The van der Waals surface area contributed by atoms with Crippen molar-refractivity contribution >= 4 is 17.6 Å². The van der Waals surface area contributed by atoms with Crippen molar-refractivity contribution in [1.82, 2.24) is 4.90 Å². The predicted molar refractivity (Wildman–Crippen MR) is 97.9 cm³/mol. The SMILES string of the molecule is CCC(=O)N1c2ccc(CCN3CCC(C(=O)O)CC3)cc2CC1C. The molecule has 2 aliphatic heterocycles. The van der Waals surface area contributed by atoms with Gasteiger partial charge in [-0.1, -0.05) is 19.1 Å². The summed E-state index contributed by atoms with van der Waals surface area (Å²) in [5.74, 6) is -0.626. The zero-order valence-electron chi connectivity index (χ0n) is 15.2. The first-order valence-corrected chi connectivity index (χ1v) is 9.38. The molecule has 0 bridgehead atoms. The van der Waals surface area contributed by atoms with E-state index in [1.54, 1.807) is 0 Å². The Labute approximate surface area is 149 Å². The van der Waals surface area contributed by atoms with Gasteiger partial charge in [0.05, 0.1) is 5.92 Å². The Morgan fingerprint density at radius 3 is 2.60 bits per heavy atom. The van der Waals surface area contributed by atoms with E-state index in [4.69, 9.17) is 5.11 Å². The molecule has 2 aliphatic rings. The number of carboxylic acid groups (broad SMARTS) is 1. The van der Waals surface area contributed by atoms with Crippen LogP contribution in [0.5, 0.6) is 0 Å². The van der Waals surface area contributed by atoms with Gasteiger partial charge in [-0.2, -0.15) is 0 Å². The van der Waals surface area contributed by atoms with Crippen molar-refractivity contribution < 1.29 is 14.7 Å². The number of amides is 1. The fraction of sp³-hybridized carbons (Fsp3) is 0.600. The molecule has 1 N–H and O–H groups in total. The molecule has 1 aromatic rings. The van der Waals surface area contributed by atoms with Crippen LogP contribution in [0, 0.1) is 5.92 Å². The fourth-order valence-electron chi connectivity index (χ4n) is 4.08. The molecular weight excluding hydrogens is 316 g/mol. The van der Waals surface area contributed by atoms with E-state index in [0.717, 1.165) is 51.0 Å². The molecule has 1 amide bonds. The lowest BCUT2D eigenvalue weighted by molar-refractivity contribution is -0.143. The molecular formula is C20H28N2O3. The highest BCUT2D eigenvalue weighted by Crippen LogP contribution is 2.33. The van der Waals surface area contributed by atoms with Crippen molar-refractivity contribution in [3.8, 4) is 0 Å². The molecule has 1 aromatic carbocycles. The third kappa shape index (κ3) is 3.87. The lowest BCUT2D eigenvalue weighted by atomic mass is 9.96. The van der Waals surface area contributed by atoms with Gasteiger partial charge in [-0.05, 0) is 62.9 Å². The molecule has 5 heteroatoms. The van der Waals surface area contributed by atoms with E-state index < -0.39 is 5.97 Å². The number of anilines is 1. The molecule has 0 radical (unpaired) electrons. The van der Waals surface area contributed by atoms with Gasteiger partial charge >= 0.3 is 5.97 Å². The lowest BCUT2D eigenvalue weighted by Gasteiger charge is -2.30. The van der Waals surface area contributed by atoms with Gasteiger partial charge in [0.1, 0.15) is 0 Å². The van der Waals surface area contributed by atoms with Crippen molar-refractivity contribution in [3.05, 3.63) is 29.3 Å². The zero-order chi connectivity index (χ0) is 18.0. The Bertz CT molecular complexity index is 650. The van der Waals surface area contributed by atoms with Gasteiger partial charge in [0.2, 0.25) is 5.91 Å². The molecule has 0 spiro atoms. The van der Waals surface area contributed by atoms with Crippen molar-refractivity contribution in [2.75, 3.05) is 24.5 Å². The molecule has 5 nitrogen and oxygen atoms in total. The summed E-state index contributed by atoms with van der Waals surface area (Å²) in [5, 5.41) is 9.08. The number of aliphatic carboxylic acids is 1. The standard InChI is InChI=1S/C20H28N2O3/c1-3-19(23)22-14(2)12-17-13-15(4-5-18(17)22)6-9-21-10-7-16(8-11-21)20(24)25/h4-5,13-14,16H,3,6-12H2,1-2H3,(H,24,25). The topological polar surface area (TPSA) is 60.9 Å². The highest BCUT2D eigenvalue weighted by molar-refractivity contribution is 5.96. The van der Waals surface area contributed by atoms with E-state index in [-0.39, 0.29) is 17.9 Å². The maximum Gasteiger partial charge on any atom is 0.306 e. The molecule has 3 rings (SSSR count). The van der Waals surface area contributed by atoms with E-state index in [1.807, 2.05) is 11.8 Å². The monoisotopic (exact) mass is 344 g/mol. The molecule has 1 saturated heterocycles. The summed E-state index contributed by atoms with van der Waals surface area (Å²) in [6, 6.07) is 6.72. The van der Waals surface area contributed by atoms with E-state index in [9.17, 15) is 9.59 Å². The van der Waals surface area contributed by atoms with Crippen LogP contribution in [-0.4, -0.2) is 47.6 Å². The number of carbonyl (C=O) groups is 2. The van der Waals surface area contributed by atoms with Gasteiger partial charge in [-0.15, -0.1) is 0 Å². The molecule has 2 heterocycles. The maximum atomic E-state index is 12.2. The maximum absolute atomic E-state index is 12.2. The second-order valence-electron chi connectivity index (χ2n) is 7.34. The quantitative estimate of drug-likeness (QED) is 0.892. The second-order valence-corrected chi connectivity index (χ2v) is 7.34. The number of likely N-dealkylation sites (tertiary alicyclic amines) is 1. The first kappa shape index (κ1) is 17.9. The van der Waals surface area contributed by atoms with Gasteiger partial charge < -0.3 is 14.9 Å². The van der Waals surface area contributed by atoms with Crippen molar-refractivity contribution in [2.24, 2.45) is 5.92 Å². The van der Waals surface area contributed by atoms with Crippen LogP contribution in [0.3, 0.4) is 0 Å². The van der Waals surface area contributed by atoms with E-state index in [0.29, 0.717) is 6.42 Å². The Morgan fingerprint density at radius 1 is 1.24 bits per heavy atom. The van der Waals surface area contributed by atoms with E-state index in [1.165, 1.54) is 11.1 Å². The van der Waals surface area contributed by atoms with Gasteiger partial charge in [-0.25, -0.2) is 0 Å². The van der Waals surface area contributed by atoms with Gasteiger partial charge in [0.15, 0.2) is 0 Å². The first-order chi connectivity index (χ1) is 12.0. The molecule has 25 heavy (non-hydrogen) atoms. The van der Waals surface area contributed by atoms with E-state index in [2.05, 4.69) is 30.0 Å². The third-order valence-corrected chi connectivity index (χ3v) is 5.58. The van der Waals surface area contributed by atoms with Crippen molar-refractivity contribution in [1.29, 1.82) is 0 Å². The molecule has 0 saturated carbocycles. The molecule has 1 unspecified atom stereocenters. The Kier molecular flexibility index (Phi) is 5.42. The summed E-state index contributed by atoms with van der Waals surface area (Å²) < 4.78 is 0. The van der Waals surface area contributed by atoms with Crippen molar-refractivity contribution in [2.45, 2.75) is 52.0 Å². The van der Waals surface area contributed by atoms with Gasteiger partial charge in [-0.3, -0.25) is 9.59 Å². The number of rotatable bonds is 5. The largest absolute Gasteiger partial charge is 0.481 e. The third-order valence-electron chi connectivity index (χ3n) is 5.58. The minimum atomic E-state index is -0.654. The Morgan fingerprint density at radius 2 is 1.96 bits per heavy atom. The Hall–Kier alpha value is -1.88. The Balaban J connectivity index is 1.58. The molecule has 1 atom stereocenters. The first-order valence-electron chi connectivity index (χ1n) is 9.38. The summed E-state index contributed by atoms with van der Waals surface area (Å²) in [5.41, 5.74) is 3.65. The second kappa shape index (κ2) is 7.56. The van der Waals surface area contributed by atoms with Crippen LogP contribution in [0.1, 0.15) is 44.2 Å². The highest BCUT2D eigenvalue weighted by Gasteiger charge is 2.30. The number of fused-ring (bicyclic) bond motifs is 1. The molecule has 0 aromatic heterocycles. The molecule has 136 valence electrons. The number of piperidine rings is 1. The van der Waals surface area contributed by atoms with Crippen molar-refractivity contribution in [3.63, 3.8) is 0 Å². The number of hydrogen-bond donors (Lipinski definition) is 1. The summed E-state index contributed by atoms with van der Waals surface area (Å²) in [6.07, 6.45) is 3.95. The summed E-state index contributed by atoms with van der Waals surface area (Å²) in [6.45, 7) is 6.74. The number of benzene rings is 1. The van der Waals surface area contributed by atoms with Crippen LogP contribution < -0.4 is 4.90 Å². The van der Waals surface area contributed by atoms with E-state index >= 15 is 0 Å². The van der Waals surface area contributed by atoms with Crippen LogP contribution in [0.4, 0.5) is 5.69 Å². The van der Waals surface area contributed by atoms with Gasteiger partial charge in [0.25, 0.3) is 0 Å². The summed E-state index contributed by atoms with van der Waals surface area (Å²) in [4.78, 5) is 27.5. The minimum absolute atomic E-state index is 0.167. The zero-order valence-corrected chi connectivity index (χ0v) is 15.2. The van der Waals surface area contributed by atoms with Crippen LogP contribution in [0.25, 0.3) is 0 Å². The smallest absolute Gasteiger partial charge is 0.306 e. The van der Waals surface area contributed by atoms with Gasteiger partial charge in [0, 0.05) is 24.7 Å². The fourth-order valence-corrected chi connectivity index (χ4v) is 4.08. The lowest BCUT2D eigenvalue weighted by Crippen LogP contribution is -2.37. The predicted octanol–water partition coefficient (Wildman–Crippen LogP) is 2.71. The minimum Gasteiger partial charge on any atom is -0.481 e. The number of carbonyl (C=O) groups excluding carboxylic acids is 1. The normalized spacial score (nSPS) is 21.4.